The second-order valence-electron chi connectivity index (χ2n) is 8.51. The summed E-state index contributed by atoms with van der Waals surface area (Å²) in [4.78, 5) is 22.6. The molecule has 1 fully saturated rings. The van der Waals surface area contributed by atoms with Crippen LogP contribution in [0.25, 0.3) is 27.8 Å². The zero-order chi connectivity index (χ0) is 23.1. The van der Waals surface area contributed by atoms with Crippen LogP contribution in [-0.4, -0.2) is 53.7 Å². The van der Waals surface area contributed by atoms with Gasteiger partial charge >= 0.3 is 5.97 Å². The number of rotatable bonds is 5. The van der Waals surface area contributed by atoms with Gasteiger partial charge in [0, 0.05) is 12.1 Å². The van der Waals surface area contributed by atoms with E-state index in [1.165, 1.54) is 0 Å². The van der Waals surface area contributed by atoms with Crippen LogP contribution in [0.2, 0.25) is 5.02 Å². The summed E-state index contributed by atoms with van der Waals surface area (Å²) >= 11 is 7.10. The summed E-state index contributed by atoms with van der Waals surface area (Å²) in [6.07, 6.45) is 2.33. The summed E-state index contributed by atoms with van der Waals surface area (Å²) < 4.78 is 7.52. The van der Waals surface area contributed by atoms with Gasteiger partial charge < -0.3 is 9.64 Å². The van der Waals surface area contributed by atoms with E-state index in [9.17, 15) is 4.79 Å². The molecule has 0 spiro atoms. The molecule has 0 aliphatic carbocycles. The molecule has 1 aliphatic rings. The van der Waals surface area contributed by atoms with Gasteiger partial charge in [-0.2, -0.15) is 0 Å². The van der Waals surface area contributed by atoms with Gasteiger partial charge in [0.1, 0.15) is 11.4 Å². The van der Waals surface area contributed by atoms with Crippen LogP contribution in [0.1, 0.15) is 30.1 Å². The zero-order valence-corrected chi connectivity index (χ0v) is 19.8. The smallest absolute Gasteiger partial charge is 0.343 e. The van der Waals surface area contributed by atoms with Crippen molar-refractivity contribution in [1.82, 2.24) is 14.3 Å². The molecule has 0 amide bonds. The quantitative estimate of drug-likeness (QED) is 0.368. The number of halogens is 1. The molecule has 2 aromatic carbocycles. The van der Waals surface area contributed by atoms with Crippen molar-refractivity contribution in [3.63, 3.8) is 0 Å². The van der Waals surface area contributed by atoms with Crippen LogP contribution in [0.5, 0.6) is 0 Å². The van der Waals surface area contributed by atoms with E-state index in [-0.39, 0.29) is 12.8 Å². The molecule has 1 unspecified atom stereocenters. The van der Waals surface area contributed by atoms with Crippen LogP contribution in [0.3, 0.4) is 0 Å². The number of carbonyl (C=O) groups is 1. The number of nitrogens with zero attached hydrogens (tertiary/aromatic N) is 4. The Balaban J connectivity index is 1.96. The van der Waals surface area contributed by atoms with E-state index in [1.807, 2.05) is 54.6 Å². The number of aromatic nitrogens is 2. The molecule has 3 heterocycles. The maximum absolute atomic E-state index is 13.2. The van der Waals surface area contributed by atoms with Crippen LogP contribution in [0, 0.1) is 0 Å². The van der Waals surface area contributed by atoms with Crippen molar-refractivity contribution in [3.8, 4) is 11.1 Å². The SMILES string of the molecule is CCOC(=O)c1c(Cl)c(-c2ccccc2)c(N2CCCC2N(C)C)n2c1nc1ccccc12. The number of imidazole rings is 1. The standard InChI is InChI=1S/C26H27ClN4O2/c1-4-33-26(32)22-23(27)21(17-11-6-5-7-12-17)25(30-16-10-15-20(30)29(2)3)31-19-14-9-8-13-18(19)28-24(22)31/h5-9,11-14,20H,4,10,15-16H2,1-3H3. The Morgan fingerprint density at radius 1 is 1.15 bits per heavy atom. The van der Waals surface area contributed by atoms with Gasteiger partial charge in [-0.3, -0.25) is 9.30 Å². The first-order chi connectivity index (χ1) is 16.0. The van der Waals surface area contributed by atoms with Gasteiger partial charge in [0.15, 0.2) is 5.65 Å². The zero-order valence-electron chi connectivity index (χ0n) is 19.1. The van der Waals surface area contributed by atoms with Crippen molar-refractivity contribution in [3.05, 3.63) is 65.2 Å². The molecule has 0 saturated carbocycles. The molecular weight excluding hydrogens is 436 g/mol. The number of esters is 1. The van der Waals surface area contributed by atoms with Crippen molar-refractivity contribution in [2.24, 2.45) is 0 Å². The molecule has 33 heavy (non-hydrogen) atoms. The van der Waals surface area contributed by atoms with Gasteiger partial charge in [0.05, 0.1) is 28.8 Å². The van der Waals surface area contributed by atoms with E-state index >= 15 is 0 Å². The Kier molecular flexibility index (Phi) is 5.72. The Morgan fingerprint density at radius 3 is 2.61 bits per heavy atom. The fourth-order valence-corrected chi connectivity index (χ4v) is 5.25. The van der Waals surface area contributed by atoms with Gasteiger partial charge in [0.25, 0.3) is 0 Å². The molecule has 1 atom stereocenters. The summed E-state index contributed by atoms with van der Waals surface area (Å²) in [5.74, 6) is 0.497. The van der Waals surface area contributed by atoms with Crippen molar-refractivity contribution in [1.29, 1.82) is 0 Å². The molecule has 0 N–H and O–H groups in total. The van der Waals surface area contributed by atoms with Crippen molar-refractivity contribution in [2.45, 2.75) is 25.9 Å². The van der Waals surface area contributed by atoms with E-state index in [1.54, 1.807) is 6.92 Å². The lowest BCUT2D eigenvalue weighted by Gasteiger charge is -2.34. The molecule has 1 aliphatic heterocycles. The highest BCUT2D eigenvalue weighted by Crippen LogP contribution is 2.44. The van der Waals surface area contributed by atoms with Gasteiger partial charge in [0.2, 0.25) is 0 Å². The summed E-state index contributed by atoms with van der Waals surface area (Å²) in [6.45, 7) is 2.95. The number of hydrogen-bond acceptors (Lipinski definition) is 5. The van der Waals surface area contributed by atoms with Gasteiger partial charge in [-0.25, -0.2) is 9.78 Å². The Bertz CT molecular complexity index is 1330. The average Bonchev–Trinajstić information content (AvgIpc) is 3.44. The molecule has 7 heteroatoms. The fraction of sp³-hybridized carbons (Fsp3) is 0.308. The molecule has 170 valence electrons. The molecule has 6 nitrogen and oxygen atoms in total. The van der Waals surface area contributed by atoms with Crippen LogP contribution in [0.15, 0.2) is 54.6 Å². The number of fused-ring (bicyclic) bond motifs is 3. The molecule has 0 bridgehead atoms. The van der Waals surface area contributed by atoms with Crippen LogP contribution < -0.4 is 4.90 Å². The molecule has 2 aromatic heterocycles. The van der Waals surface area contributed by atoms with E-state index in [2.05, 4.69) is 28.3 Å². The second kappa shape index (κ2) is 8.69. The maximum atomic E-state index is 13.2. The first-order valence-electron chi connectivity index (χ1n) is 11.3. The number of carbonyl (C=O) groups excluding carboxylic acids is 1. The molecule has 4 aromatic rings. The third-order valence-corrected chi connectivity index (χ3v) is 6.67. The lowest BCUT2D eigenvalue weighted by Crippen LogP contribution is -2.41. The van der Waals surface area contributed by atoms with Gasteiger partial charge in [-0.1, -0.05) is 54.1 Å². The normalized spacial score (nSPS) is 16.3. The third-order valence-electron chi connectivity index (χ3n) is 6.29. The average molecular weight is 463 g/mol. The largest absolute Gasteiger partial charge is 0.462 e. The molecule has 0 radical (unpaired) electrons. The summed E-state index contributed by atoms with van der Waals surface area (Å²) in [7, 11) is 4.20. The van der Waals surface area contributed by atoms with Crippen LogP contribution in [-0.2, 0) is 4.74 Å². The minimum atomic E-state index is -0.461. The van der Waals surface area contributed by atoms with Crippen molar-refractivity contribution in [2.75, 3.05) is 32.1 Å². The Hall–Kier alpha value is -3.09. The topological polar surface area (TPSA) is 50.1 Å². The summed E-state index contributed by atoms with van der Waals surface area (Å²) in [6, 6.07) is 18.0. The van der Waals surface area contributed by atoms with Gasteiger partial charge in [-0.05, 0) is 51.6 Å². The molecule has 1 saturated heterocycles. The number of ether oxygens (including phenoxy) is 1. The number of anilines is 1. The number of para-hydroxylation sites is 2. The fourth-order valence-electron chi connectivity index (χ4n) is 4.89. The van der Waals surface area contributed by atoms with E-state index < -0.39 is 5.97 Å². The Morgan fingerprint density at radius 2 is 1.88 bits per heavy atom. The van der Waals surface area contributed by atoms with Gasteiger partial charge in [-0.15, -0.1) is 0 Å². The van der Waals surface area contributed by atoms with E-state index in [0.29, 0.717) is 16.2 Å². The maximum Gasteiger partial charge on any atom is 0.343 e. The minimum Gasteiger partial charge on any atom is -0.462 e. The number of benzene rings is 2. The van der Waals surface area contributed by atoms with E-state index in [0.717, 1.165) is 47.4 Å². The highest BCUT2D eigenvalue weighted by atomic mass is 35.5. The first kappa shape index (κ1) is 21.7. The lowest BCUT2D eigenvalue weighted by molar-refractivity contribution is 0.0528. The predicted octanol–water partition coefficient (Wildman–Crippen LogP) is 5.47. The highest BCUT2D eigenvalue weighted by molar-refractivity contribution is 6.38. The monoisotopic (exact) mass is 462 g/mol. The highest BCUT2D eigenvalue weighted by Gasteiger charge is 2.34. The van der Waals surface area contributed by atoms with Crippen LogP contribution >= 0.6 is 11.6 Å². The predicted molar refractivity (Wildman–Crippen MR) is 133 cm³/mol. The van der Waals surface area contributed by atoms with Crippen LogP contribution in [0.4, 0.5) is 5.82 Å². The van der Waals surface area contributed by atoms with Crippen molar-refractivity contribution < 1.29 is 9.53 Å². The molecule has 5 rings (SSSR count). The number of pyridine rings is 1. The summed E-state index contributed by atoms with van der Waals surface area (Å²) in [5.41, 5.74) is 4.35. The van der Waals surface area contributed by atoms with E-state index in [4.69, 9.17) is 21.3 Å². The first-order valence-corrected chi connectivity index (χ1v) is 11.7. The third kappa shape index (κ3) is 3.54. The lowest BCUT2D eigenvalue weighted by atomic mass is 10.0. The number of hydrogen-bond donors (Lipinski definition) is 0. The second-order valence-corrected chi connectivity index (χ2v) is 8.89. The Labute approximate surface area is 198 Å². The molecular formula is C26H27ClN4O2. The minimum absolute atomic E-state index is 0.210. The van der Waals surface area contributed by atoms with Crippen molar-refractivity contribution >= 4 is 40.1 Å². The summed E-state index contributed by atoms with van der Waals surface area (Å²) in [5, 5.41) is 0.377.